The van der Waals surface area contributed by atoms with Gasteiger partial charge in [0.05, 0.1) is 29.1 Å². The summed E-state index contributed by atoms with van der Waals surface area (Å²) in [6, 6.07) is 10.4. The molecule has 40 heavy (non-hydrogen) atoms. The zero-order valence-corrected chi connectivity index (χ0v) is 25.0. The van der Waals surface area contributed by atoms with Crippen LogP contribution in [0.25, 0.3) is 22.3 Å². The van der Waals surface area contributed by atoms with E-state index in [1.54, 1.807) is 48.5 Å². The van der Waals surface area contributed by atoms with Gasteiger partial charge in [0.15, 0.2) is 15.7 Å². The molecule has 2 heterocycles. The molecular formula is C29H34ClN5O4S. The fourth-order valence-corrected chi connectivity index (χ4v) is 5.43. The topological polar surface area (TPSA) is 107 Å². The zero-order valence-electron chi connectivity index (χ0n) is 23.4. The van der Waals surface area contributed by atoms with Gasteiger partial charge >= 0.3 is 0 Å². The standard InChI is InChI=1S/C29H34ClN5O4S/c1-6-8-13-39-26-12-10-21(15-24(26)30)28-32-25-11-9-20(18-40(5,37)38)14-23(25)27(33-28)29(36)34(4)17-22-16-31-35(7-2)19(22)3/h9-12,14-16H,6-8,13,17-18H2,1-5H3. The summed E-state index contributed by atoms with van der Waals surface area (Å²) in [7, 11) is -1.57. The summed E-state index contributed by atoms with van der Waals surface area (Å²) in [6.45, 7) is 7.71. The number of carbonyl (C=O) groups is 1. The minimum Gasteiger partial charge on any atom is -0.492 e. The Bertz CT molecular complexity index is 1650. The number of benzene rings is 2. The average Bonchev–Trinajstić information content (AvgIpc) is 3.26. The van der Waals surface area contributed by atoms with Crippen LogP contribution in [0.2, 0.25) is 5.02 Å². The lowest BCUT2D eigenvalue weighted by Gasteiger charge is -2.18. The molecule has 1 amide bonds. The number of hydrogen-bond donors (Lipinski definition) is 0. The van der Waals surface area contributed by atoms with Gasteiger partial charge in [0.25, 0.3) is 5.91 Å². The fourth-order valence-electron chi connectivity index (χ4n) is 4.41. The predicted octanol–water partition coefficient (Wildman–Crippen LogP) is 5.47. The molecule has 2 aromatic heterocycles. The number of rotatable bonds is 11. The first-order chi connectivity index (χ1) is 19.0. The molecule has 0 aliphatic rings. The number of halogens is 1. The van der Waals surface area contributed by atoms with E-state index in [1.807, 2.05) is 24.6 Å². The van der Waals surface area contributed by atoms with E-state index >= 15 is 0 Å². The largest absolute Gasteiger partial charge is 0.492 e. The first-order valence-electron chi connectivity index (χ1n) is 13.2. The van der Waals surface area contributed by atoms with Crippen molar-refractivity contribution >= 4 is 38.2 Å². The Labute approximate surface area is 240 Å². The smallest absolute Gasteiger partial charge is 0.273 e. The Morgan fingerprint density at radius 2 is 1.90 bits per heavy atom. The van der Waals surface area contributed by atoms with Crippen molar-refractivity contribution < 1.29 is 17.9 Å². The van der Waals surface area contributed by atoms with Crippen molar-refractivity contribution in [2.24, 2.45) is 0 Å². The van der Waals surface area contributed by atoms with Gasteiger partial charge in [-0.25, -0.2) is 18.4 Å². The maximum atomic E-state index is 13.8. The van der Waals surface area contributed by atoms with E-state index in [-0.39, 0.29) is 17.4 Å². The highest BCUT2D eigenvalue weighted by Gasteiger charge is 2.22. The van der Waals surface area contributed by atoms with E-state index in [9.17, 15) is 13.2 Å². The number of carbonyl (C=O) groups excluding carboxylic acids is 1. The van der Waals surface area contributed by atoms with E-state index < -0.39 is 9.84 Å². The summed E-state index contributed by atoms with van der Waals surface area (Å²) in [5, 5.41) is 5.29. The maximum absolute atomic E-state index is 13.8. The van der Waals surface area contributed by atoms with Crippen LogP contribution < -0.4 is 4.74 Å². The molecule has 212 valence electrons. The van der Waals surface area contributed by atoms with Crippen molar-refractivity contribution in [1.82, 2.24) is 24.6 Å². The van der Waals surface area contributed by atoms with Crippen LogP contribution in [0.15, 0.2) is 42.6 Å². The molecule has 0 saturated carbocycles. The summed E-state index contributed by atoms with van der Waals surface area (Å²) >= 11 is 6.51. The van der Waals surface area contributed by atoms with Crippen LogP contribution in [0.5, 0.6) is 5.75 Å². The molecule has 9 nitrogen and oxygen atoms in total. The average molecular weight is 584 g/mol. The van der Waals surface area contributed by atoms with Crippen LogP contribution in [0, 0.1) is 6.92 Å². The Morgan fingerprint density at radius 1 is 1.12 bits per heavy atom. The van der Waals surface area contributed by atoms with Gasteiger partial charge in [-0.1, -0.05) is 31.0 Å². The van der Waals surface area contributed by atoms with Crippen molar-refractivity contribution in [3.8, 4) is 17.1 Å². The molecule has 4 aromatic rings. The van der Waals surface area contributed by atoms with Gasteiger partial charge in [-0.05, 0) is 56.2 Å². The Hall–Kier alpha value is -3.50. The third kappa shape index (κ3) is 6.79. The lowest BCUT2D eigenvalue weighted by atomic mass is 10.1. The molecule has 2 aromatic carbocycles. The number of fused-ring (bicyclic) bond motifs is 1. The monoisotopic (exact) mass is 583 g/mol. The third-order valence-corrected chi connectivity index (χ3v) is 7.75. The molecule has 11 heteroatoms. The number of aromatic nitrogens is 4. The first kappa shape index (κ1) is 29.5. The molecule has 0 aliphatic heterocycles. The van der Waals surface area contributed by atoms with Crippen molar-refractivity contribution in [2.45, 2.75) is 52.5 Å². The summed E-state index contributed by atoms with van der Waals surface area (Å²) in [5.74, 6) is 0.430. The molecule has 0 bridgehead atoms. The highest BCUT2D eigenvalue weighted by atomic mass is 35.5. The third-order valence-electron chi connectivity index (χ3n) is 6.60. The highest BCUT2D eigenvalue weighted by Crippen LogP contribution is 2.31. The quantitative estimate of drug-likeness (QED) is 0.215. The number of unbranched alkanes of at least 4 members (excludes halogenated alkanes) is 1. The summed E-state index contributed by atoms with van der Waals surface area (Å²) in [4.78, 5) is 24.8. The van der Waals surface area contributed by atoms with Crippen LogP contribution in [0.4, 0.5) is 0 Å². The Balaban J connectivity index is 1.77. The maximum Gasteiger partial charge on any atom is 0.273 e. The van der Waals surface area contributed by atoms with Crippen LogP contribution >= 0.6 is 11.6 Å². The lowest BCUT2D eigenvalue weighted by molar-refractivity contribution is 0.0781. The zero-order chi connectivity index (χ0) is 29.0. The van der Waals surface area contributed by atoms with Gasteiger partial charge < -0.3 is 9.64 Å². The Kier molecular flexibility index (Phi) is 9.10. The van der Waals surface area contributed by atoms with Gasteiger partial charge in [0.1, 0.15) is 11.4 Å². The molecule has 0 N–H and O–H groups in total. The molecule has 0 spiro atoms. The molecule has 4 rings (SSSR count). The van der Waals surface area contributed by atoms with E-state index in [0.29, 0.717) is 51.8 Å². The second kappa shape index (κ2) is 12.3. The van der Waals surface area contributed by atoms with Crippen LogP contribution in [-0.2, 0) is 28.7 Å². The molecule has 0 atom stereocenters. The lowest BCUT2D eigenvalue weighted by Crippen LogP contribution is -2.28. The molecular weight excluding hydrogens is 550 g/mol. The van der Waals surface area contributed by atoms with Gasteiger partial charge in [0.2, 0.25) is 0 Å². The van der Waals surface area contributed by atoms with Crippen molar-refractivity contribution in [3.05, 3.63) is 70.1 Å². The molecule has 0 fully saturated rings. The van der Waals surface area contributed by atoms with Crippen LogP contribution in [0.1, 0.15) is 54.0 Å². The van der Waals surface area contributed by atoms with Crippen LogP contribution in [0.3, 0.4) is 0 Å². The predicted molar refractivity (Wildman–Crippen MR) is 157 cm³/mol. The molecule has 0 aliphatic carbocycles. The minimum absolute atomic E-state index is 0.154. The summed E-state index contributed by atoms with van der Waals surface area (Å²) < 4.78 is 31.6. The second-order valence-corrected chi connectivity index (χ2v) is 12.4. The van der Waals surface area contributed by atoms with E-state index in [2.05, 4.69) is 17.0 Å². The summed E-state index contributed by atoms with van der Waals surface area (Å²) in [6.07, 6.45) is 4.88. The van der Waals surface area contributed by atoms with Gasteiger partial charge in [-0.3, -0.25) is 9.48 Å². The van der Waals surface area contributed by atoms with Crippen molar-refractivity contribution in [1.29, 1.82) is 0 Å². The number of nitrogens with zero attached hydrogens (tertiary/aromatic N) is 5. The molecule has 0 unspecified atom stereocenters. The van der Waals surface area contributed by atoms with E-state index in [1.165, 1.54) is 6.26 Å². The van der Waals surface area contributed by atoms with Gasteiger partial charge in [-0.2, -0.15) is 5.10 Å². The van der Waals surface area contributed by atoms with Crippen LogP contribution in [-0.4, -0.2) is 58.9 Å². The number of hydrogen-bond acceptors (Lipinski definition) is 7. The second-order valence-electron chi connectivity index (χ2n) is 9.90. The van der Waals surface area contributed by atoms with E-state index in [4.69, 9.17) is 21.3 Å². The first-order valence-corrected chi connectivity index (χ1v) is 15.6. The highest BCUT2D eigenvalue weighted by molar-refractivity contribution is 7.89. The number of sulfone groups is 1. The SMILES string of the molecule is CCCCOc1ccc(-c2nc(C(=O)N(C)Cc3cnn(CC)c3C)c3cc(CS(C)(=O)=O)ccc3n2)cc1Cl. The summed E-state index contributed by atoms with van der Waals surface area (Å²) in [5.41, 5.74) is 3.80. The van der Waals surface area contributed by atoms with E-state index in [0.717, 1.165) is 30.6 Å². The Morgan fingerprint density at radius 3 is 2.55 bits per heavy atom. The minimum atomic E-state index is -3.28. The molecule has 0 saturated heterocycles. The van der Waals surface area contributed by atoms with Gasteiger partial charge in [-0.15, -0.1) is 0 Å². The van der Waals surface area contributed by atoms with Gasteiger partial charge in [0, 0.05) is 48.6 Å². The number of aryl methyl sites for hydroxylation is 1. The van der Waals surface area contributed by atoms with Crippen molar-refractivity contribution in [3.63, 3.8) is 0 Å². The van der Waals surface area contributed by atoms with Crippen molar-refractivity contribution in [2.75, 3.05) is 19.9 Å². The number of amides is 1. The normalized spacial score (nSPS) is 11.7. The molecule has 0 radical (unpaired) electrons. The number of ether oxygens (including phenoxy) is 1. The fraction of sp³-hybridized carbons (Fsp3) is 0.379.